The quantitative estimate of drug-likeness (QED) is 0.522. The van der Waals surface area contributed by atoms with Crippen LogP contribution in [-0.4, -0.2) is 62.7 Å². The zero-order chi connectivity index (χ0) is 25.5. The number of anilines is 1. The summed E-state index contributed by atoms with van der Waals surface area (Å²) in [6, 6.07) is 12.0. The van der Waals surface area contributed by atoms with Gasteiger partial charge in [0.05, 0.1) is 5.69 Å². The molecule has 2 aromatic rings. The molecule has 8 nitrogen and oxygen atoms in total. The first-order valence-electron chi connectivity index (χ1n) is 11.1. The van der Waals surface area contributed by atoms with Crippen molar-refractivity contribution in [3.63, 3.8) is 0 Å². The molecular weight excluding hydrogens is 459 g/mol. The third-order valence-electron chi connectivity index (χ3n) is 5.48. The second-order valence-corrected chi connectivity index (χ2v) is 10.1. The molecule has 0 heterocycles. The van der Waals surface area contributed by atoms with Gasteiger partial charge in [0.15, 0.2) is 0 Å². The average molecular weight is 493 g/mol. The molecule has 2 rings (SSSR count). The van der Waals surface area contributed by atoms with Crippen molar-refractivity contribution in [2.24, 2.45) is 0 Å². The highest BCUT2D eigenvalue weighted by Gasteiger charge is 2.34. The molecule has 0 aromatic heterocycles. The Morgan fingerprint density at radius 2 is 1.65 bits per heavy atom. The summed E-state index contributed by atoms with van der Waals surface area (Å²) in [5, 5.41) is 2.74. The van der Waals surface area contributed by atoms with Gasteiger partial charge in [-0.1, -0.05) is 43.3 Å². The summed E-state index contributed by atoms with van der Waals surface area (Å²) in [4.78, 5) is 27.8. The molecule has 2 amide bonds. The summed E-state index contributed by atoms with van der Waals surface area (Å²) in [5.74, 6) is -1.73. The number of rotatable bonds is 11. The van der Waals surface area contributed by atoms with Gasteiger partial charge in [-0.3, -0.25) is 9.59 Å². The molecule has 0 spiro atoms. The van der Waals surface area contributed by atoms with Crippen LogP contribution >= 0.6 is 0 Å². The molecular formula is C24H33FN4O4S. The van der Waals surface area contributed by atoms with Crippen molar-refractivity contribution in [3.05, 3.63) is 65.5 Å². The van der Waals surface area contributed by atoms with E-state index >= 15 is 0 Å². The fraction of sp³-hybridized carbons (Fsp3) is 0.417. The standard InChI is InChI=1S/C24H33FN4O4S/c1-6-21(24(31)26-7-2)28(16-19-13-9-8-12-18(19)3)23(30)17-29(34(32,33)27(4)5)22-15-11-10-14-20(22)25/h8-15,21H,6-7,16-17H2,1-5H3,(H,26,31)/t21-/m1/s1. The molecule has 186 valence electrons. The minimum absolute atomic E-state index is 0.105. The van der Waals surface area contributed by atoms with E-state index < -0.39 is 34.5 Å². The number of hydrogen-bond acceptors (Lipinski definition) is 4. The second kappa shape index (κ2) is 11.9. The smallest absolute Gasteiger partial charge is 0.304 e. The van der Waals surface area contributed by atoms with Crippen molar-refractivity contribution in [2.75, 3.05) is 31.5 Å². The maximum atomic E-state index is 14.6. The van der Waals surface area contributed by atoms with Crippen LogP contribution in [0.1, 0.15) is 31.4 Å². The lowest BCUT2D eigenvalue weighted by molar-refractivity contribution is -0.140. The van der Waals surface area contributed by atoms with Gasteiger partial charge < -0.3 is 10.2 Å². The van der Waals surface area contributed by atoms with Crippen LogP contribution in [0.5, 0.6) is 0 Å². The van der Waals surface area contributed by atoms with Crippen LogP contribution < -0.4 is 9.62 Å². The highest BCUT2D eigenvalue weighted by Crippen LogP contribution is 2.24. The zero-order valence-corrected chi connectivity index (χ0v) is 21.1. The molecule has 0 saturated heterocycles. The normalized spacial score (nSPS) is 12.3. The monoisotopic (exact) mass is 492 g/mol. The first-order chi connectivity index (χ1) is 16.0. The molecule has 1 N–H and O–H groups in total. The topological polar surface area (TPSA) is 90.0 Å². The van der Waals surface area contributed by atoms with E-state index in [4.69, 9.17) is 0 Å². The van der Waals surface area contributed by atoms with Gasteiger partial charge in [0.25, 0.3) is 0 Å². The summed E-state index contributed by atoms with van der Waals surface area (Å²) >= 11 is 0. The lowest BCUT2D eigenvalue weighted by atomic mass is 10.1. The van der Waals surface area contributed by atoms with Crippen LogP contribution in [-0.2, 0) is 26.3 Å². The summed E-state index contributed by atoms with van der Waals surface area (Å²) in [6.07, 6.45) is 0.323. The predicted octanol–water partition coefficient (Wildman–Crippen LogP) is 2.69. The summed E-state index contributed by atoms with van der Waals surface area (Å²) in [6.45, 7) is 5.29. The fourth-order valence-corrected chi connectivity index (χ4v) is 4.60. The lowest BCUT2D eigenvalue weighted by Crippen LogP contribution is -2.53. The molecule has 0 radical (unpaired) electrons. The van der Waals surface area contributed by atoms with Gasteiger partial charge in [0.2, 0.25) is 11.8 Å². The predicted molar refractivity (Wildman–Crippen MR) is 131 cm³/mol. The molecule has 0 aliphatic carbocycles. The Kier molecular flexibility index (Phi) is 9.57. The molecule has 0 aliphatic heterocycles. The van der Waals surface area contributed by atoms with Gasteiger partial charge in [0.1, 0.15) is 18.4 Å². The van der Waals surface area contributed by atoms with Crippen LogP contribution in [0, 0.1) is 12.7 Å². The van der Waals surface area contributed by atoms with E-state index in [9.17, 15) is 22.4 Å². The summed E-state index contributed by atoms with van der Waals surface area (Å²) < 4.78 is 42.4. The van der Waals surface area contributed by atoms with Crippen LogP contribution in [0.4, 0.5) is 10.1 Å². The minimum atomic E-state index is -4.21. The van der Waals surface area contributed by atoms with E-state index in [0.29, 0.717) is 13.0 Å². The number of hydrogen-bond donors (Lipinski definition) is 1. The van der Waals surface area contributed by atoms with Crippen LogP contribution in [0.25, 0.3) is 0 Å². The van der Waals surface area contributed by atoms with E-state index in [1.165, 1.54) is 37.2 Å². The molecule has 0 unspecified atom stereocenters. The van der Waals surface area contributed by atoms with Gasteiger partial charge >= 0.3 is 10.2 Å². The first-order valence-corrected chi connectivity index (χ1v) is 12.5. The van der Waals surface area contributed by atoms with Crippen molar-refractivity contribution in [2.45, 2.75) is 39.8 Å². The maximum Gasteiger partial charge on any atom is 0.304 e. The Hall–Kier alpha value is -2.98. The maximum absolute atomic E-state index is 14.6. The fourth-order valence-electron chi connectivity index (χ4n) is 3.54. The van der Waals surface area contributed by atoms with Crippen molar-refractivity contribution in [1.29, 1.82) is 0 Å². The number of amides is 2. The highest BCUT2D eigenvalue weighted by atomic mass is 32.2. The molecule has 0 saturated carbocycles. The van der Waals surface area contributed by atoms with Gasteiger partial charge in [0, 0.05) is 27.2 Å². The molecule has 0 aliphatic rings. The first kappa shape index (κ1) is 27.3. The van der Waals surface area contributed by atoms with Crippen LogP contribution in [0.2, 0.25) is 0 Å². The Bertz CT molecular complexity index is 1110. The summed E-state index contributed by atoms with van der Waals surface area (Å²) in [5.41, 5.74) is 1.51. The Balaban J connectivity index is 2.53. The van der Waals surface area contributed by atoms with Gasteiger partial charge in [-0.25, -0.2) is 8.70 Å². The Morgan fingerprint density at radius 1 is 1.03 bits per heavy atom. The Labute approximate surface area is 201 Å². The second-order valence-electron chi connectivity index (χ2n) is 8.01. The third-order valence-corrected chi connectivity index (χ3v) is 7.28. The van der Waals surface area contributed by atoms with Crippen molar-refractivity contribution >= 4 is 27.7 Å². The number of aryl methyl sites for hydroxylation is 1. The van der Waals surface area contributed by atoms with Gasteiger partial charge in [-0.2, -0.15) is 12.7 Å². The third kappa shape index (κ3) is 6.32. The lowest BCUT2D eigenvalue weighted by Gasteiger charge is -2.34. The minimum Gasteiger partial charge on any atom is -0.355 e. The van der Waals surface area contributed by atoms with E-state index in [1.807, 2.05) is 31.2 Å². The number of halogens is 1. The molecule has 10 heteroatoms. The van der Waals surface area contributed by atoms with Crippen molar-refractivity contribution < 1.29 is 22.4 Å². The van der Waals surface area contributed by atoms with Crippen molar-refractivity contribution in [1.82, 2.24) is 14.5 Å². The van der Waals surface area contributed by atoms with E-state index in [2.05, 4.69) is 5.32 Å². The molecule has 2 aromatic carbocycles. The van der Waals surface area contributed by atoms with E-state index in [1.54, 1.807) is 13.8 Å². The highest BCUT2D eigenvalue weighted by molar-refractivity contribution is 7.90. The molecule has 0 fully saturated rings. The van der Waals surface area contributed by atoms with Gasteiger partial charge in [-0.05, 0) is 43.5 Å². The Morgan fingerprint density at radius 3 is 2.21 bits per heavy atom. The molecule has 0 bridgehead atoms. The number of carbonyl (C=O) groups is 2. The summed E-state index contributed by atoms with van der Waals surface area (Å²) in [7, 11) is -1.59. The van der Waals surface area contributed by atoms with Crippen molar-refractivity contribution in [3.8, 4) is 0 Å². The largest absolute Gasteiger partial charge is 0.355 e. The number of likely N-dealkylation sites (N-methyl/N-ethyl adjacent to an activating group) is 1. The van der Waals surface area contributed by atoms with Crippen LogP contribution in [0.3, 0.4) is 0 Å². The van der Waals surface area contributed by atoms with Gasteiger partial charge in [-0.15, -0.1) is 0 Å². The van der Waals surface area contributed by atoms with Crippen LogP contribution in [0.15, 0.2) is 48.5 Å². The average Bonchev–Trinajstić information content (AvgIpc) is 2.79. The van der Waals surface area contributed by atoms with E-state index in [-0.39, 0.29) is 18.1 Å². The molecule has 34 heavy (non-hydrogen) atoms. The SMILES string of the molecule is CCNC(=O)[C@@H](CC)N(Cc1ccccc1C)C(=O)CN(c1ccccc1F)S(=O)(=O)N(C)C. The zero-order valence-electron chi connectivity index (χ0n) is 20.3. The number of carbonyl (C=O) groups excluding carboxylic acids is 2. The number of para-hydroxylation sites is 1. The number of nitrogens with one attached hydrogen (secondary N) is 1. The van der Waals surface area contributed by atoms with E-state index in [0.717, 1.165) is 25.8 Å². The number of benzene rings is 2. The molecule has 1 atom stereocenters. The number of nitrogens with zero attached hydrogens (tertiary/aromatic N) is 3.